The van der Waals surface area contributed by atoms with Crippen molar-refractivity contribution >= 4 is 60.9 Å². The van der Waals surface area contributed by atoms with Gasteiger partial charge in [0.2, 0.25) is 0 Å². The number of para-hydroxylation sites is 4. The quantitative estimate of drug-likeness (QED) is 0.145. The largest absolute Gasteiger partial charge is 0.455 e. The molecule has 0 spiro atoms. The Kier molecular flexibility index (Phi) is 9.84. The Hall–Kier alpha value is -9.18. The normalized spacial score (nSPS) is 11.5. The maximum absolute atomic E-state index is 6.49. The van der Waals surface area contributed by atoms with Gasteiger partial charge in [0, 0.05) is 49.7 Å². The molecule has 13 rings (SSSR count). The van der Waals surface area contributed by atoms with Crippen molar-refractivity contribution < 1.29 is 8.83 Å². The number of nitrogens with zero attached hydrogens (tertiary/aromatic N) is 1. The summed E-state index contributed by atoms with van der Waals surface area (Å²) in [5.41, 5.74) is 20.3. The minimum absolute atomic E-state index is 0.897. The van der Waals surface area contributed by atoms with Gasteiger partial charge in [-0.3, -0.25) is 0 Å². The highest BCUT2D eigenvalue weighted by Gasteiger charge is 2.18. The second-order valence-corrected chi connectivity index (χ2v) is 17.7. The van der Waals surface area contributed by atoms with E-state index in [4.69, 9.17) is 8.83 Å². The lowest BCUT2D eigenvalue weighted by Crippen LogP contribution is -2.10. The summed E-state index contributed by atoms with van der Waals surface area (Å²) < 4.78 is 13.0. The molecule has 0 bridgehead atoms. The number of furan rings is 2. The zero-order chi connectivity index (χ0) is 45.7. The first-order valence-corrected chi connectivity index (χ1v) is 23.5. The fourth-order valence-corrected chi connectivity index (χ4v) is 10.1. The van der Waals surface area contributed by atoms with E-state index in [9.17, 15) is 0 Å². The first-order valence-electron chi connectivity index (χ1n) is 23.5. The van der Waals surface area contributed by atoms with Crippen molar-refractivity contribution in [3.05, 3.63) is 261 Å². The number of benzene rings is 11. The zero-order valence-corrected chi connectivity index (χ0v) is 37.6. The van der Waals surface area contributed by atoms with E-state index >= 15 is 0 Å². The van der Waals surface area contributed by atoms with Crippen LogP contribution in [0, 0.1) is 0 Å². The van der Waals surface area contributed by atoms with Crippen molar-refractivity contribution in [2.75, 3.05) is 4.90 Å². The summed E-state index contributed by atoms with van der Waals surface area (Å²) in [4.78, 5) is 2.38. The summed E-state index contributed by atoms with van der Waals surface area (Å²) in [6, 6.07) is 93.2. The van der Waals surface area contributed by atoms with Crippen LogP contribution in [0.4, 0.5) is 17.1 Å². The molecular formula is C66H43NO2. The summed E-state index contributed by atoms with van der Waals surface area (Å²) in [5, 5.41) is 4.50. The Morgan fingerprint density at radius 1 is 0.217 bits per heavy atom. The molecule has 3 heteroatoms. The lowest BCUT2D eigenvalue weighted by atomic mass is 9.96. The van der Waals surface area contributed by atoms with Gasteiger partial charge in [0.25, 0.3) is 0 Å². The summed E-state index contributed by atoms with van der Waals surface area (Å²) >= 11 is 0. The van der Waals surface area contributed by atoms with Gasteiger partial charge in [-0.25, -0.2) is 0 Å². The SMILES string of the molecule is c1ccc(-c2cccc(-c3cccc(N(c4cccc(-c5cccc(-c6cccc7c6oc6ccccc67)c5)c4)c4cccc(-c5cccc(-c6cccc7c6oc6ccccc67)c5)c4)c3)c2)cc1. The van der Waals surface area contributed by atoms with Crippen molar-refractivity contribution in [2.45, 2.75) is 0 Å². The smallest absolute Gasteiger partial charge is 0.143 e. The van der Waals surface area contributed by atoms with Crippen LogP contribution >= 0.6 is 0 Å². The average molecular weight is 882 g/mol. The molecule has 13 aromatic rings. The van der Waals surface area contributed by atoms with Crippen molar-refractivity contribution in [3.63, 3.8) is 0 Å². The van der Waals surface area contributed by atoms with Crippen LogP contribution in [0.1, 0.15) is 0 Å². The number of anilines is 3. The molecule has 0 N–H and O–H groups in total. The Bertz CT molecular complexity index is 3840. The molecule has 2 aromatic heterocycles. The molecule has 69 heavy (non-hydrogen) atoms. The molecule has 0 aliphatic rings. The molecule has 0 aliphatic heterocycles. The van der Waals surface area contributed by atoms with Gasteiger partial charge in [0.05, 0.1) is 0 Å². The summed E-state index contributed by atoms with van der Waals surface area (Å²) in [7, 11) is 0. The van der Waals surface area contributed by atoms with Crippen molar-refractivity contribution in [1.29, 1.82) is 0 Å². The second kappa shape index (κ2) is 16.9. The third-order valence-corrected chi connectivity index (χ3v) is 13.4. The van der Waals surface area contributed by atoms with Gasteiger partial charge in [-0.05, 0) is 122 Å². The monoisotopic (exact) mass is 881 g/mol. The minimum Gasteiger partial charge on any atom is -0.455 e. The summed E-state index contributed by atoms with van der Waals surface area (Å²) in [5.74, 6) is 0. The molecule has 0 fully saturated rings. The number of rotatable bonds is 9. The fourth-order valence-electron chi connectivity index (χ4n) is 10.1. The summed E-state index contributed by atoms with van der Waals surface area (Å²) in [6.45, 7) is 0. The Morgan fingerprint density at radius 2 is 0.522 bits per heavy atom. The molecular weight excluding hydrogens is 839 g/mol. The highest BCUT2D eigenvalue weighted by atomic mass is 16.3. The number of hydrogen-bond donors (Lipinski definition) is 0. The molecule has 0 aliphatic carbocycles. The topological polar surface area (TPSA) is 29.5 Å². The van der Waals surface area contributed by atoms with Gasteiger partial charge in [0.1, 0.15) is 22.3 Å². The highest BCUT2D eigenvalue weighted by Crippen LogP contribution is 2.43. The van der Waals surface area contributed by atoms with Gasteiger partial charge >= 0.3 is 0 Å². The molecule has 0 saturated heterocycles. The van der Waals surface area contributed by atoms with Gasteiger partial charge < -0.3 is 13.7 Å². The molecule has 0 amide bonds. The number of hydrogen-bond acceptors (Lipinski definition) is 3. The van der Waals surface area contributed by atoms with Crippen LogP contribution in [0.5, 0.6) is 0 Å². The molecule has 324 valence electrons. The Balaban J connectivity index is 0.921. The third-order valence-electron chi connectivity index (χ3n) is 13.4. The van der Waals surface area contributed by atoms with Crippen LogP contribution in [0.2, 0.25) is 0 Å². The molecule has 0 atom stereocenters. The fraction of sp³-hybridized carbons (Fsp3) is 0. The molecule has 0 radical (unpaired) electrons. The van der Waals surface area contributed by atoms with E-state index in [1.807, 2.05) is 24.3 Å². The van der Waals surface area contributed by atoms with E-state index < -0.39 is 0 Å². The van der Waals surface area contributed by atoms with Crippen LogP contribution < -0.4 is 4.90 Å². The first-order chi connectivity index (χ1) is 34.2. The predicted molar refractivity (Wildman–Crippen MR) is 288 cm³/mol. The van der Waals surface area contributed by atoms with Crippen LogP contribution in [0.15, 0.2) is 270 Å². The summed E-state index contributed by atoms with van der Waals surface area (Å²) in [6.07, 6.45) is 0. The Labute approximate surface area is 400 Å². The average Bonchev–Trinajstić information content (AvgIpc) is 4.01. The molecule has 2 heterocycles. The lowest BCUT2D eigenvalue weighted by molar-refractivity contribution is 0.669. The van der Waals surface area contributed by atoms with Crippen LogP contribution in [-0.2, 0) is 0 Å². The van der Waals surface area contributed by atoms with Crippen molar-refractivity contribution in [1.82, 2.24) is 0 Å². The van der Waals surface area contributed by atoms with E-state index in [1.165, 1.54) is 11.1 Å². The zero-order valence-electron chi connectivity index (χ0n) is 37.6. The van der Waals surface area contributed by atoms with Gasteiger partial charge in [-0.1, -0.05) is 194 Å². The molecule has 3 nitrogen and oxygen atoms in total. The van der Waals surface area contributed by atoms with Crippen molar-refractivity contribution in [3.8, 4) is 66.8 Å². The van der Waals surface area contributed by atoms with Crippen LogP contribution in [0.25, 0.3) is 111 Å². The predicted octanol–water partition coefficient (Wildman–Crippen LogP) is 19.0. The minimum atomic E-state index is 0.897. The Morgan fingerprint density at radius 3 is 0.971 bits per heavy atom. The van der Waals surface area contributed by atoms with E-state index in [0.717, 1.165) is 117 Å². The molecule has 11 aromatic carbocycles. The van der Waals surface area contributed by atoms with E-state index in [1.54, 1.807) is 0 Å². The standard InChI is InChI=1S/C66H43NO2/c1-2-16-44(17-3-1)45-18-8-19-46(38-45)49-22-11-27-54(41-49)67(55-28-12-23-50(42-55)47-20-9-25-52(39-47)57-32-14-34-61-59-30-4-6-36-63(59)68-65(57)61)56-29-13-24-51(43-56)48-21-10-26-53(40-48)58-33-15-35-62-60-31-5-7-37-64(60)69-66(58)62/h1-43H. The first kappa shape index (κ1) is 40.1. The van der Waals surface area contributed by atoms with Crippen LogP contribution in [0.3, 0.4) is 0 Å². The van der Waals surface area contributed by atoms with Crippen molar-refractivity contribution in [2.24, 2.45) is 0 Å². The highest BCUT2D eigenvalue weighted by molar-refractivity contribution is 6.11. The second-order valence-electron chi connectivity index (χ2n) is 17.7. The molecule has 0 saturated carbocycles. The van der Waals surface area contributed by atoms with Crippen LogP contribution in [-0.4, -0.2) is 0 Å². The molecule has 0 unspecified atom stereocenters. The van der Waals surface area contributed by atoms with E-state index in [-0.39, 0.29) is 0 Å². The van der Waals surface area contributed by atoms with E-state index in [0.29, 0.717) is 0 Å². The third kappa shape index (κ3) is 7.34. The van der Waals surface area contributed by atoms with Gasteiger partial charge in [-0.15, -0.1) is 0 Å². The lowest BCUT2D eigenvalue weighted by Gasteiger charge is -2.27. The number of fused-ring (bicyclic) bond motifs is 6. The maximum Gasteiger partial charge on any atom is 0.143 e. The van der Waals surface area contributed by atoms with E-state index in [2.05, 4.69) is 241 Å². The van der Waals surface area contributed by atoms with Gasteiger partial charge in [0.15, 0.2) is 0 Å². The van der Waals surface area contributed by atoms with Gasteiger partial charge in [-0.2, -0.15) is 0 Å². The maximum atomic E-state index is 6.49.